The molecule has 8 heteroatoms. The predicted octanol–water partition coefficient (Wildman–Crippen LogP) is 2.57. The summed E-state index contributed by atoms with van der Waals surface area (Å²) in [5.41, 5.74) is 2.72. The fraction of sp³-hybridized carbons (Fsp3) is 0.600. The Kier molecular flexibility index (Phi) is 4.26. The first kappa shape index (κ1) is 17.8. The molecule has 1 saturated carbocycles. The maximum atomic E-state index is 13.4. The Hall–Kier alpha value is -2.22. The van der Waals surface area contributed by atoms with E-state index in [2.05, 4.69) is 15.3 Å². The van der Waals surface area contributed by atoms with E-state index >= 15 is 0 Å². The van der Waals surface area contributed by atoms with Crippen molar-refractivity contribution in [2.24, 2.45) is 11.3 Å². The van der Waals surface area contributed by atoms with Gasteiger partial charge in [-0.05, 0) is 44.9 Å². The van der Waals surface area contributed by atoms with E-state index in [0.29, 0.717) is 30.2 Å². The first-order chi connectivity index (χ1) is 13.6. The lowest BCUT2D eigenvalue weighted by molar-refractivity contribution is -0.132. The van der Waals surface area contributed by atoms with Gasteiger partial charge in [0.15, 0.2) is 6.39 Å². The molecular formula is C20H24N4O3S. The number of rotatable bonds is 6. The molecule has 1 aliphatic carbocycles. The first-order valence-corrected chi connectivity index (χ1v) is 10.9. The Bertz CT molecular complexity index is 891. The Morgan fingerprint density at radius 3 is 2.86 bits per heavy atom. The van der Waals surface area contributed by atoms with Crippen LogP contribution < -0.4 is 5.32 Å². The third kappa shape index (κ3) is 2.85. The number of aromatic nitrogens is 2. The number of hydrogen-bond donors (Lipinski definition) is 1. The van der Waals surface area contributed by atoms with E-state index in [9.17, 15) is 9.59 Å². The number of carbonyl (C=O) groups is 2. The summed E-state index contributed by atoms with van der Waals surface area (Å²) in [6, 6.07) is -0.0669. The minimum atomic E-state index is -0.616. The zero-order chi connectivity index (χ0) is 19.3. The van der Waals surface area contributed by atoms with Crippen LogP contribution in [-0.2, 0) is 11.2 Å². The Balaban J connectivity index is 1.46. The average Bonchev–Trinajstić information content (AvgIpc) is 3.07. The minimum Gasteiger partial charge on any atom is -0.438 e. The summed E-state index contributed by atoms with van der Waals surface area (Å²) in [6.45, 7) is 2.52. The van der Waals surface area contributed by atoms with E-state index in [1.165, 1.54) is 19.2 Å². The van der Waals surface area contributed by atoms with Crippen molar-refractivity contribution < 1.29 is 14.0 Å². The second kappa shape index (κ2) is 6.69. The van der Waals surface area contributed by atoms with Crippen LogP contribution >= 0.6 is 11.3 Å². The van der Waals surface area contributed by atoms with Crippen LogP contribution in [0.1, 0.15) is 54.0 Å². The van der Waals surface area contributed by atoms with Crippen LogP contribution in [0.15, 0.2) is 21.7 Å². The van der Waals surface area contributed by atoms with Gasteiger partial charge in [-0.3, -0.25) is 9.59 Å². The molecule has 28 heavy (non-hydrogen) atoms. The van der Waals surface area contributed by atoms with E-state index < -0.39 is 5.41 Å². The molecule has 3 atom stereocenters. The number of nitrogens with zero attached hydrogens (tertiary/aromatic N) is 3. The molecule has 3 fully saturated rings. The fourth-order valence-electron chi connectivity index (χ4n) is 5.01. The molecule has 2 saturated heterocycles. The normalized spacial score (nSPS) is 28.7. The molecule has 4 heterocycles. The van der Waals surface area contributed by atoms with Gasteiger partial charge in [0.1, 0.15) is 0 Å². The molecule has 5 rings (SSSR count). The topological polar surface area (TPSA) is 88.3 Å². The van der Waals surface area contributed by atoms with Crippen molar-refractivity contribution in [3.8, 4) is 0 Å². The number of hydrogen-bond acceptors (Lipinski definition) is 6. The maximum Gasteiger partial charge on any atom is 0.292 e. The number of thiazole rings is 1. The van der Waals surface area contributed by atoms with Gasteiger partial charge in [0, 0.05) is 30.4 Å². The molecule has 7 nitrogen and oxygen atoms in total. The minimum absolute atomic E-state index is 0.0623. The lowest BCUT2D eigenvalue weighted by Crippen LogP contribution is -2.51. The van der Waals surface area contributed by atoms with Crippen LogP contribution in [0.3, 0.4) is 0 Å². The zero-order valence-corrected chi connectivity index (χ0v) is 16.7. The van der Waals surface area contributed by atoms with Crippen LogP contribution in [0.25, 0.3) is 0 Å². The first-order valence-electron chi connectivity index (χ1n) is 9.96. The molecule has 2 bridgehead atoms. The third-order valence-corrected chi connectivity index (χ3v) is 7.23. The van der Waals surface area contributed by atoms with Crippen molar-refractivity contribution in [3.05, 3.63) is 34.4 Å². The van der Waals surface area contributed by atoms with Crippen molar-refractivity contribution in [2.75, 3.05) is 6.54 Å². The SMILES string of the molecule is Cc1ncoc1C(=O)N1[C@@H]2CC[C@H]1[C@@](Cc1cscn1)(C(=O)NCC1CC1)C2. The summed E-state index contributed by atoms with van der Waals surface area (Å²) >= 11 is 1.54. The smallest absolute Gasteiger partial charge is 0.292 e. The second-order valence-electron chi connectivity index (χ2n) is 8.40. The van der Waals surface area contributed by atoms with Crippen LogP contribution in [0, 0.1) is 18.3 Å². The standard InChI is InChI=1S/C20H24N4O3S/c1-12-17(27-10-22-12)18(25)24-15-4-5-16(24)20(7-15,6-14-9-28-11-23-14)19(26)21-8-13-2-3-13/h9-11,13,15-16H,2-8H2,1H3,(H,21,26)/t15-,16+,20+/m1/s1. The molecule has 148 valence electrons. The Labute approximate surface area is 167 Å². The summed E-state index contributed by atoms with van der Waals surface area (Å²) in [4.78, 5) is 37.1. The van der Waals surface area contributed by atoms with Gasteiger partial charge in [-0.15, -0.1) is 11.3 Å². The van der Waals surface area contributed by atoms with Gasteiger partial charge < -0.3 is 14.6 Å². The van der Waals surface area contributed by atoms with Crippen LogP contribution in [0.2, 0.25) is 0 Å². The Morgan fingerprint density at radius 1 is 1.32 bits per heavy atom. The predicted molar refractivity (Wildman–Crippen MR) is 103 cm³/mol. The van der Waals surface area contributed by atoms with E-state index in [0.717, 1.165) is 25.1 Å². The maximum absolute atomic E-state index is 13.4. The molecule has 1 N–H and O–H groups in total. The Morgan fingerprint density at radius 2 is 2.18 bits per heavy atom. The van der Waals surface area contributed by atoms with Crippen LogP contribution in [0.4, 0.5) is 0 Å². The van der Waals surface area contributed by atoms with E-state index in [-0.39, 0.29) is 23.9 Å². The van der Waals surface area contributed by atoms with Crippen molar-refractivity contribution >= 4 is 23.2 Å². The molecule has 0 aromatic carbocycles. The quantitative estimate of drug-likeness (QED) is 0.805. The molecule has 0 unspecified atom stereocenters. The van der Waals surface area contributed by atoms with Gasteiger partial charge in [0.05, 0.1) is 22.3 Å². The zero-order valence-electron chi connectivity index (χ0n) is 15.9. The molecule has 0 radical (unpaired) electrons. The molecular weight excluding hydrogens is 376 g/mol. The lowest BCUT2D eigenvalue weighted by Gasteiger charge is -2.35. The number of carbonyl (C=O) groups excluding carboxylic acids is 2. The number of amides is 2. The molecule has 2 aliphatic heterocycles. The fourth-order valence-corrected chi connectivity index (χ4v) is 5.57. The van der Waals surface area contributed by atoms with Crippen LogP contribution in [0.5, 0.6) is 0 Å². The lowest BCUT2D eigenvalue weighted by atomic mass is 9.70. The largest absolute Gasteiger partial charge is 0.438 e. The molecule has 2 amide bonds. The van der Waals surface area contributed by atoms with Gasteiger partial charge in [-0.1, -0.05) is 0 Å². The summed E-state index contributed by atoms with van der Waals surface area (Å²) in [6.07, 6.45) is 6.73. The van der Waals surface area contributed by atoms with Crippen LogP contribution in [-0.4, -0.2) is 45.3 Å². The highest BCUT2D eigenvalue weighted by Gasteiger charge is 2.61. The number of nitrogens with one attached hydrogen (secondary N) is 1. The third-order valence-electron chi connectivity index (χ3n) is 6.59. The highest BCUT2D eigenvalue weighted by Crippen LogP contribution is 2.52. The average molecular weight is 401 g/mol. The van der Waals surface area contributed by atoms with E-state index in [4.69, 9.17) is 4.42 Å². The van der Waals surface area contributed by atoms with Gasteiger partial charge >= 0.3 is 0 Å². The highest BCUT2D eigenvalue weighted by atomic mass is 32.1. The molecule has 2 aromatic heterocycles. The summed E-state index contributed by atoms with van der Waals surface area (Å²) in [7, 11) is 0. The molecule has 2 aromatic rings. The van der Waals surface area contributed by atoms with Crippen molar-refractivity contribution in [3.63, 3.8) is 0 Å². The van der Waals surface area contributed by atoms with Crippen molar-refractivity contribution in [2.45, 2.75) is 57.5 Å². The van der Waals surface area contributed by atoms with Gasteiger partial charge in [0.25, 0.3) is 5.91 Å². The molecule has 0 spiro atoms. The highest BCUT2D eigenvalue weighted by molar-refractivity contribution is 7.07. The van der Waals surface area contributed by atoms with E-state index in [1.54, 1.807) is 23.8 Å². The van der Waals surface area contributed by atoms with E-state index in [1.807, 2.05) is 10.3 Å². The summed E-state index contributed by atoms with van der Waals surface area (Å²) in [5, 5.41) is 5.20. The number of oxazole rings is 1. The summed E-state index contributed by atoms with van der Waals surface area (Å²) < 4.78 is 5.37. The van der Waals surface area contributed by atoms with Gasteiger partial charge in [0.2, 0.25) is 11.7 Å². The van der Waals surface area contributed by atoms with Gasteiger partial charge in [-0.25, -0.2) is 9.97 Å². The monoisotopic (exact) mass is 400 g/mol. The number of aryl methyl sites for hydroxylation is 1. The molecule has 3 aliphatic rings. The number of fused-ring (bicyclic) bond motifs is 2. The van der Waals surface area contributed by atoms with Crippen molar-refractivity contribution in [1.29, 1.82) is 0 Å². The van der Waals surface area contributed by atoms with Gasteiger partial charge in [-0.2, -0.15) is 0 Å². The second-order valence-corrected chi connectivity index (χ2v) is 9.12. The summed E-state index contributed by atoms with van der Waals surface area (Å²) in [5.74, 6) is 0.845. The van der Waals surface area contributed by atoms with Crippen molar-refractivity contribution in [1.82, 2.24) is 20.2 Å².